The van der Waals surface area contributed by atoms with Crippen LogP contribution in [-0.2, 0) is 15.7 Å². The van der Waals surface area contributed by atoms with Crippen molar-refractivity contribution in [3.05, 3.63) is 35.4 Å². The number of ether oxygens (including phenoxy) is 1. The maximum atomic E-state index is 12.6. The standard InChI is InChI=1S/C14H16F3NO2S/c1-9-12(19)18(7-8-20-2)13(21-9)10-3-5-11(6-4-10)14(15,16)17/h3-6,9,13H,7-8H2,1-2H3/t9-,13+/m1/s1. The molecule has 2 atom stereocenters. The van der Waals surface area contributed by atoms with Crippen molar-refractivity contribution in [3.8, 4) is 0 Å². The summed E-state index contributed by atoms with van der Waals surface area (Å²) in [5, 5.41) is -0.459. The number of rotatable bonds is 4. The third-order valence-electron chi connectivity index (χ3n) is 3.31. The molecule has 1 aromatic rings. The van der Waals surface area contributed by atoms with Gasteiger partial charge in [-0.2, -0.15) is 13.2 Å². The number of thioether (sulfide) groups is 1. The molecular weight excluding hydrogens is 303 g/mol. The van der Waals surface area contributed by atoms with Crippen LogP contribution in [0.15, 0.2) is 24.3 Å². The molecule has 1 heterocycles. The van der Waals surface area contributed by atoms with Crippen molar-refractivity contribution in [2.75, 3.05) is 20.3 Å². The first-order chi connectivity index (χ1) is 9.84. The Morgan fingerprint density at radius 1 is 1.29 bits per heavy atom. The summed E-state index contributed by atoms with van der Waals surface area (Å²) < 4.78 is 42.7. The van der Waals surface area contributed by atoms with Crippen LogP contribution in [0.2, 0.25) is 0 Å². The van der Waals surface area contributed by atoms with Crippen molar-refractivity contribution in [2.45, 2.75) is 23.7 Å². The quantitative estimate of drug-likeness (QED) is 0.853. The minimum atomic E-state index is -4.35. The Morgan fingerprint density at radius 3 is 2.43 bits per heavy atom. The zero-order valence-corrected chi connectivity index (χ0v) is 12.5. The molecular formula is C14H16F3NO2S. The van der Waals surface area contributed by atoms with Gasteiger partial charge in [-0.3, -0.25) is 4.79 Å². The van der Waals surface area contributed by atoms with Crippen molar-refractivity contribution >= 4 is 17.7 Å². The zero-order valence-electron chi connectivity index (χ0n) is 11.7. The average molecular weight is 319 g/mol. The highest BCUT2D eigenvalue weighted by Gasteiger charge is 2.38. The van der Waals surface area contributed by atoms with Crippen LogP contribution in [0.5, 0.6) is 0 Å². The predicted octanol–water partition coefficient (Wildman–Crippen LogP) is 3.31. The minimum Gasteiger partial charge on any atom is -0.383 e. The van der Waals surface area contributed by atoms with Gasteiger partial charge in [-0.25, -0.2) is 0 Å². The largest absolute Gasteiger partial charge is 0.416 e. The molecule has 0 spiro atoms. The Hall–Kier alpha value is -1.21. The van der Waals surface area contributed by atoms with E-state index >= 15 is 0 Å². The molecule has 1 fully saturated rings. The Bertz CT molecular complexity index is 504. The number of carbonyl (C=O) groups excluding carboxylic acids is 1. The second-order valence-corrected chi connectivity index (χ2v) is 6.20. The van der Waals surface area contributed by atoms with Gasteiger partial charge in [0.15, 0.2) is 0 Å². The molecule has 0 N–H and O–H groups in total. The summed E-state index contributed by atoms with van der Waals surface area (Å²) in [5.41, 5.74) is 0.0128. The number of carbonyl (C=O) groups is 1. The van der Waals surface area contributed by atoms with E-state index in [9.17, 15) is 18.0 Å². The summed E-state index contributed by atoms with van der Waals surface area (Å²) in [7, 11) is 1.55. The molecule has 1 amide bonds. The first kappa shape index (κ1) is 16.2. The molecule has 0 unspecified atom stereocenters. The zero-order chi connectivity index (χ0) is 15.6. The second kappa shape index (κ2) is 6.27. The van der Waals surface area contributed by atoms with Gasteiger partial charge in [0.05, 0.1) is 17.4 Å². The van der Waals surface area contributed by atoms with Gasteiger partial charge in [0.25, 0.3) is 0 Å². The SMILES string of the molecule is COCCN1C(=O)[C@@H](C)S[C@H]1c1ccc(C(F)(F)F)cc1. The fourth-order valence-corrected chi connectivity index (χ4v) is 3.50. The Kier molecular flexibility index (Phi) is 4.83. The fraction of sp³-hybridized carbons (Fsp3) is 0.500. The van der Waals surface area contributed by atoms with Gasteiger partial charge in [-0.1, -0.05) is 12.1 Å². The van der Waals surface area contributed by atoms with Gasteiger partial charge < -0.3 is 9.64 Å². The van der Waals surface area contributed by atoms with Crippen molar-refractivity contribution in [3.63, 3.8) is 0 Å². The molecule has 0 bridgehead atoms. The van der Waals surface area contributed by atoms with Crippen LogP contribution in [0.4, 0.5) is 13.2 Å². The summed E-state index contributed by atoms with van der Waals surface area (Å²) in [6.45, 7) is 2.63. The molecule has 2 rings (SSSR count). The summed E-state index contributed by atoms with van der Waals surface area (Å²) in [4.78, 5) is 13.7. The number of nitrogens with zero attached hydrogens (tertiary/aromatic N) is 1. The van der Waals surface area contributed by atoms with Gasteiger partial charge >= 0.3 is 6.18 Å². The predicted molar refractivity (Wildman–Crippen MR) is 74.8 cm³/mol. The van der Waals surface area contributed by atoms with E-state index in [1.165, 1.54) is 23.9 Å². The third kappa shape index (κ3) is 3.52. The van der Waals surface area contributed by atoms with Crippen LogP contribution in [-0.4, -0.2) is 36.3 Å². The van der Waals surface area contributed by atoms with E-state index in [2.05, 4.69) is 0 Å². The Morgan fingerprint density at radius 2 is 1.90 bits per heavy atom. The average Bonchev–Trinajstić information content (AvgIpc) is 2.72. The number of hydrogen-bond acceptors (Lipinski definition) is 3. The molecule has 0 radical (unpaired) electrons. The maximum Gasteiger partial charge on any atom is 0.416 e. The normalized spacial score (nSPS) is 22.9. The summed E-state index contributed by atoms with van der Waals surface area (Å²) in [6.07, 6.45) is -4.35. The summed E-state index contributed by atoms with van der Waals surface area (Å²) in [5.74, 6) is -0.0121. The lowest BCUT2D eigenvalue weighted by Crippen LogP contribution is -2.33. The monoisotopic (exact) mass is 319 g/mol. The van der Waals surface area contributed by atoms with Gasteiger partial charge in [0, 0.05) is 13.7 Å². The molecule has 1 aliphatic heterocycles. The number of benzene rings is 1. The topological polar surface area (TPSA) is 29.5 Å². The molecule has 116 valence electrons. The summed E-state index contributed by atoms with van der Waals surface area (Å²) >= 11 is 1.44. The molecule has 3 nitrogen and oxygen atoms in total. The van der Waals surface area contributed by atoms with Crippen LogP contribution in [0.3, 0.4) is 0 Å². The lowest BCUT2D eigenvalue weighted by atomic mass is 10.1. The minimum absolute atomic E-state index is 0.0121. The number of alkyl halides is 3. The van der Waals surface area contributed by atoms with E-state index in [0.29, 0.717) is 18.7 Å². The second-order valence-electron chi connectivity index (χ2n) is 4.77. The van der Waals surface area contributed by atoms with Crippen LogP contribution in [0.1, 0.15) is 23.4 Å². The van der Waals surface area contributed by atoms with Crippen LogP contribution < -0.4 is 0 Å². The van der Waals surface area contributed by atoms with E-state index < -0.39 is 11.7 Å². The number of methoxy groups -OCH3 is 1. The highest BCUT2D eigenvalue weighted by molar-refractivity contribution is 8.01. The molecule has 21 heavy (non-hydrogen) atoms. The van der Waals surface area contributed by atoms with Crippen molar-refractivity contribution in [1.82, 2.24) is 4.90 Å². The fourth-order valence-electron chi connectivity index (χ4n) is 2.19. The van der Waals surface area contributed by atoms with Gasteiger partial charge in [0.1, 0.15) is 5.37 Å². The number of hydrogen-bond donors (Lipinski definition) is 0. The van der Waals surface area contributed by atoms with E-state index in [1.54, 1.807) is 18.9 Å². The Balaban J connectivity index is 2.21. The number of halogens is 3. The lowest BCUT2D eigenvalue weighted by molar-refractivity contribution is -0.137. The first-order valence-electron chi connectivity index (χ1n) is 6.46. The molecule has 1 saturated heterocycles. The van der Waals surface area contributed by atoms with Crippen LogP contribution >= 0.6 is 11.8 Å². The molecule has 0 saturated carbocycles. The highest BCUT2D eigenvalue weighted by Crippen LogP contribution is 2.43. The maximum absolute atomic E-state index is 12.6. The number of amides is 1. The van der Waals surface area contributed by atoms with E-state index in [0.717, 1.165) is 12.1 Å². The van der Waals surface area contributed by atoms with Gasteiger partial charge in [-0.05, 0) is 24.6 Å². The molecule has 1 aliphatic rings. The van der Waals surface area contributed by atoms with E-state index in [4.69, 9.17) is 4.74 Å². The first-order valence-corrected chi connectivity index (χ1v) is 7.41. The van der Waals surface area contributed by atoms with Gasteiger partial charge in [-0.15, -0.1) is 11.8 Å². The van der Waals surface area contributed by atoms with Crippen LogP contribution in [0, 0.1) is 0 Å². The molecule has 0 aliphatic carbocycles. The molecule has 7 heteroatoms. The van der Waals surface area contributed by atoms with Crippen molar-refractivity contribution < 1.29 is 22.7 Å². The lowest BCUT2D eigenvalue weighted by Gasteiger charge is -2.24. The van der Waals surface area contributed by atoms with E-state index in [-0.39, 0.29) is 16.5 Å². The Labute approximate surface area is 125 Å². The highest BCUT2D eigenvalue weighted by atomic mass is 32.2. The molecule has 0 aromatic heterocycles. The third-order valence-corrected chi connectivity index (χ3v) is 4.70. The van der Waals surface area contributed by atoms with E-state index in [1.807, 2.05) is 0 Å². The van der Waals surface area contributed by atoms with Crippen molar-refractivity contribution in [1.29, 1.82) is 0 Å². The summed E-state index contributed by atoms with van der Waals surface area (Å²) in [6, 6.07) is 4.98. The van der Waals surface area contributed by atoms with Gasteiger partial charge in [0.2, 0.25) is 5.91 Å². The smallest absolute Gasteiger partial charge is 0.383 e. The van der Waals surface area contributed by atoms with Crippen LogP contribution in [0.25, 0.3) is 0 Å². The molecule has 1 aromatic carbocycles. The van der Waals surface area contributed by atoms with Crippen molar-refractivity contribution in [2.24, 2.45) is 0 Å².